The molecule has 360 valence electrons. The van der Waals surface area contributed by atoms with Crippen LogP contribution in [0.1, 0.15) is 27.8 Å². The van der Waals surface area contributed by atoms with Gasteiger partial charge in [-0.3, -0.25) is 0 Å². The van der Waals surface area contributed by atoms with Gasteiger partial charge in [0.1, 0.15) is 11.6 Å². The number of rotatable bonds is 7. The Balaban J connectivity index is 1.22. The highest BCUT2D eigenvalue weighted by atomic mass is 19.4. The SMILES string of the molecule is [C-]#[N+]c1ccc(-c2ccc3c4ccc(-c5ccc(C#N)cc5)cc4n(-c4cc(-c5ccc(C(F)(F)F)cc5C)cc(-n5c6cc(-c7ccc(C#N)cc7)ccc6c6ccc(-c7ccc([N+]#[C-])cc7)cc65)c4C#N)c3c2)cc1. The number of aryl methyl sites for hydroxylation is 1. The van der Waals surface area contributed by atoms with Crippen LogP contribution in [0.15, 0.2) is 200 Å². The van der Waals surface area contributed by atoms with Crippen molar-refractivity contribution in [3.8, 4) is 85.2 Å². The van der Waals surface area contributed by atoms with Crippen molar-refractivity contribution in [2.75, 3.05) is 0 Å². The highest BCUT2D eigenvalue weighted by Crippen LogP contribution is 2.44. The molecule has 7 nitrogen and oxygen atoms in total. The predicted octanol–water partition coefficient (Wildman–Crippen LogP) is 18.3. The monoisotopic (exact) mass is 995 g/mol. The van der Waals surface area contributed by atoms with Crippen LogP contribution >= 0.6 is 0 Å². The standard InChI is InChI=1S/C67H36F3N7/c1-40-30-52(67(68,69)70)20-29-55(40)51-35-65(76-61-31-47(43-8-4-41(37-71)5-9-43)16-25-56(61)58-27-18-49(33-63(58)76)45-12-21-53(74-2)22-13-45)60(39-73)66(36-51)77-62-32-48(44-10-6-42(38-72)7-11-44)17-26-57(62)59-28-19-50(34-64(59)77)46-14-23-54(75-3)24-15-46/h4-36H,1H3. The summed E-state index contributed by atoms with van der Waals surface area (Å²) in [5.41, 5.74) is 13.8. The van der Waals surface area contributed by atoms with Crippen LogP contribution in [0, 0.1) is 54.1 Å². The van der Waals surface area contributed by atoms with Gasteiger partial charge in [-0.05, 0) is 141 Å². The molecule has 0 amide bonds. The molecule has 0 saturated carbocycles. The number of hydrogen-bond donors (Lipinski definition) is 0. The number of fused-ring (bicyclic) bond motifs is 6. The fourth-order valence-electron chi connectivity index (χ4n) is 10.6. The zero-order valence-corrected chi connectivity index (χ0v) is 40.8. The minimum absolute atomic E-state index is 0.280. The number of nitriles is 3. The molecule has 0 unspecified atom stereocenters. The molecule has 0 radical (unpaired) electrons. The smallest absolute Gasteiger partial charge is 0.308 e. The van der Waals surface area contributed by atoms with E-state index in [9.17, 15) is 29.0 Å². The zero-order chi connectivity index (χ0) is 53.1. The molecular formula is C67H36F3N7. The van der Waals surface area contributed by atoms with Crippen molar-refractivity contribution >= 4 is 55.0 Å². The minimum atomic E-state index is -4.59. The van der Waals surface area contributed by atoms with Crippen molar-refractivity contribution in [1.82, 2.24) is 9.13 Å². The Hall–Kier alpha value is -11.0. The van der Waals surface area contributed by atoms with Gasteiger partial charge in [0.25, 0.3) is 0 Å². The third kappa shape index (κ3) is 8.15. The summed E-state index contributed by atoms with van der Waals surface area (Å²) in [4.78, 5) is 7.19. The summed E-state index contributed by atoms with van der Waals surface area (Å²) in [6.45, 7) is 16.8. The lowest BCUT2D eigenvalue weighted by Gasteiger charge is -2.20. The third-order valence-corrected chi connectivity index (χ3v) is 14.4. The molecule has 0 saturated heterocycles. The minimum Gasteiger partial charge on any atom is -0.308 e. The van der Waals surface area contributed by atoms with Gasteiger partial charge in [0.2, 0.25) is 0 Å². The van der Waals surface area contributed by atoms with Gasteiger partial charge in [-0.15, -0.1) is 0 Å². The van der Waals surface area contributed by atoms with Gasteiger partial charge in [0.15, 0.2) is 11.4 Å². The highest BCUT2D eigenvalue weighted by Gasteiger charge is 2.31. The first kappa shape index (κ1) is 47.1. The lowest BCUT2D eigenvalue weighted by Crippen LogP contribution is -2.07. The van der Waals surface area contributed by atoms with Crippen LogP contribution in [-0.4, -0.2) is 9.13 Å². The maximum Gasteiger partial charge on any atom is 0.416 e. The van der Waals surface area contributed by atoms with E-state index < -0.39 is 11.7 Å². The summed E-state index contributed by atoms with van der Waals surface area (Å²) in [5.74, 6) is 0. The van der Waals surface area contributed by atoms with Crippen molar-refractivity contribution in [2.45, 2.75) is 13.1 Å². The van der Waals surface area contributed by atoms with Gasteiger partial charge >= 0.3 is 6.18 Å². The Labute approximate surface area is 440 Å². The first-order valence-electron chi connectivity index (χ1n) is 24.4. The Morgan fingerprint density at radius 2 is 0.727 bits per heavy atom. The molecule has 0 atom stereocenters. The lowest BCUT2D eigenvalue weighted by molar-refractivity contribution is -0.137. The maximum atomic E-state index is 14.4. The molecule has 2 heterocycles. The van der Waals surface area contributed by atoms with E-state index in [0.29, 0.717) is 50.6 Å². The second-order valence-electron chi connectivity index (χ2n) is 18.8. The molecule has 2 aromatic heterocycles. The summed E-state index contributed by atoms with van der Waals surface area (Å²) in [5, 5.41) is 34.8. The topological polar surface area (TPSA) is 89.9 Å². The first-order chi connectivity index (χ1) is 37.4. The Kier molecular flexibility index (Phi) is 11.3. The van der Waals surface area contributed by atoms with Crippen LogP contribution in [0.3, 0.4) is 0 Å². The van der Waals surface area contributed by atoms with Crippen LogP contribution in [0.5, 0.6) is 0 Å². The summed E-state index contributed by atoms with van der Waals surface area (Å²) in [6, 6.07) is 68.5. The van der Waals surface area contributed by atoms with Crippen molar-refractivity contribution in [3.63, 3.8) is 0 Å². The van der Waals surface area contributed by atoms with Gasteiger partial charge in [-0.25, -0.2) is 9.69 Å². The first-order valence-corrected chi connectivity index (χ1v) is 24.4. The zero-order valence-electron chi connectivity index (χ0n) is 40.8. The number of nitrogens with zero attached hydrogens (tertiary/aromatic N) is 7. The molecule has 0 bridgehead atoms. The number of hydrogen-bond acceptors (Lipinski definition) is 3. The fourth-order valence-corrected chi connectivity index (χ4v) is 10.6. The average molecular weight is 996 g/mol. The van der Waals surface area contributed by atoms with Crippen molar-refractivity contribution in [2.24, 2.45) is 0 Å². The van der Waals surface area contributed by atoms with E-state index in [-0.39, 0.29) is 5.56 Å². The van der Waals surface area contributed by atoms with E-state index >= 15 is 0 Å². The Morgan fingerprint density at radius 3 is 1.03 bits per heavy atom. The molecular weight excluding hydrogens is 960 g/mol. The molecule has 10 aromatic carbocycles. The fraction of sp³-hybridized carbons (Fsp3) is 0.0299. The van der Waals surface area contributed by atoms with Crippen LogP contribution in [-0.2, 0) is 6.18 Å². The molecule has 0 aliphatic heterocycles. The molecule has 77 heavy (non-hydrogen) atoms. The lowest BCUT2D eigenvalue weighted by atomic mass is 9.95. The van der Waals surface area contributed by atoms with Crippen molar-refractivity contribution in [1.29, 1.82) is 15.8 Å². The quantitative estimate of drug-likeness (QED) is 0.149. The van der Waals surface area contributed by atoms with E-state index in [4.69, 9.17) is 13.1 Å². The van der Waals surface area contributed by atoms with Crippen LogP contribution in [0.25, 0.3) is 120 Å². The summed E-state index contributed by atoms with van der Waals surface area (Å²) in [6.07, 6.45) is -4.59. The van der Waals surface area contributed by atoms with E-state index in [2.05, 4.69) is 61.3 Å². The molecule has 0 spiro atoms. The molecule has 12 aromatic rings. The summed E-state index contributed by atoms with van der Waals surface area (Å²) < 4.78 is 47.2. The van der Waals surface area contributed by atoms with E-state index in [0.717, 1.165) is 100 Å². The molecule has 0 aliphatic carbocycles. The molecule has 0 N–H and O–H groups in total. The Bertz CT molecular complexity index is 4150. The summed E-state index contributed by atoms with van der Waals surface area (Å²) >= 11 is 0. The van der Waals surface area contributed by atoms with E-state index in [1.807, 2.05) is 109 Å². The molecule has 10 heteroatoms. The number of halogens is 3. The largest absolute Gasteiger partial charge is 0.416 e. The van der Waals surface area contributed by atoms with Gasteiger partial charge in [0, 0.05) is 21.5 Å². The molecule has 12 rings (SSSR count). The molecule has 0 aliphatic rings. The maximum absolute atomic E-state index is 14.4. The number of aromatic nitrogens is 2. The Morgan fingerprint density at radius 1 is 0.390 bits per heavy atom. The highest BCUT2D eigenvalue weighted by molar-refractivity contribution is 6.13. The van der Waals surface area contributed by atoms with Gasteiger partial charge in [-0.1, -0.05) is 127 Å². The number of benzene rings is 10. The van der Waals surface area contributed by atoms with Crippen molar-refractivity contribution < 1.29 is 13.2 Å². The van der Waals surface area contributed by atoms with Crippen LogP contribution < -0.4 is 0 Å². The van der Waals surface area contributed by atoms with Crippen molar-refractivity contribution in [3.05, 3.63) is 251 Å². The van der Waals surface area contributed by atoms with Crippen LogP contribution in [0.4, 0.5) is 24.5 Å². The van der Waals surface area contributed by atoms with E-state index in [1.54, 1.807) is 55.5 Å². The van der Waals surface area contributed by atoms with E-state index in [1.165, 1.54) is 6.07 Å². The third-order valence-electron chi connectivity index (χ3n) is 14.4. The second kappa shape index (κ2) is 18.5. The molecule has 0 fully saturated rings. The number of alkyl halides is 3. The second-order valence-corrected chi connectivity index (χ2v) is 18.8. The average Bonchev–Trinajstić information content (AvgIpc) is 4.04. The van der Waals surface area contributed by atoms with Gasteiger partial charge in [-0.2, -0.15) is 29.0 Å². The van der Waals surface area contributed by atoms with Gasteiger partial charge in [0.05, 0.1) is 75.4 Å². The van der Waals surface area contributed by atoms with Gasteiger partial charge < -0.3 is 9.13 Å². The predicted molar refractivity (Wildman–Crippen MR) is 299 cm³/mol. The van der Waals surface area contributed by atoms with Crippen LogP contribution in [0.2, 0.25) is 0 Å². The normalized spacial score (nSPS) is 11.3. The summed E-state index contributed by atoms with van der Waals surface area (Å²) in [7, 11) is 0.